The van der Waals surface area contributed by atoms with Crippen LogP contribution in [-0.2, 0) is 14.3 Å². The summed E-state index contributed by atoms with van der Waals surface area (Å²) in [5, 5.41) is 0. The van der Waals surface area contributed by atoms with Gasteiger partial charge in [-0.25, -0.2) is 0 Å². The number of esters is 1. The molecule has 0 N–H and O–H groups in total. The molecular weight excluding hydrogens is 264 g/mol. The molecule has 0 unspecified atom stereocenters. The van der Waals surface area contributed by atoms with E-state index in [0.29, 0.717) is 6.10 Å². The molecule has 0 aromatic carbocycles. The van der Waals surface area contributed by atoms with Crippen LogP contribution in [0.25, 0.3) is 0 Å². The highest BCUT2D eigenvalue weighted by Gasteiger charge is 2.26. The maximum Gasteiger partial charge on any atom is 0.308 e. The largest absolute Gasteiger partial charge is 0.469 e. The molecule has 0 atom stereocenters. The summed E-state index contributed by atoms with van der Waals surface area (Å²) in [7, 11) is 1.48. The molecule has 0 heterocycles. The molecule has 3 nitrogen and oxygen atoms in total. The molecule has 0 spiro atoms. The van der Waals surface area contributed by atoms with Crippen molar-refractivity contribution >= 4 is 5.97 Å². The van der Waals surface area contributed by atoms with Gasteiger partial charge >= 0.3 is 5.97 Å². The van der Waals surface area contributed by atoms with E-state index >= 15 is 0 Å². The lowest BCUT2D eigenvalue weighted by Gasteiger charge is -2.27. The monoisotopic (exact) mass is 298 g/mol. The van der Waals surface area contributed by atoms with Crippen LogP contribution in [0, 0.1) is 5.92 Å². The fourth-order valence-corrected chi connectivity index (χ4v) is 3.12. The third kappa shape index (κ3) is 8.45. The van der Waals surface area contributed by atoms with E-state index in [-0.39, 0.29) is 11.9 Å². The Morgan fingerprint density at radius 2 is 1.48 bits per heavy atom. The maximum atomic E-state index is 11.4. The van der Waals surface area contributed by atoms with E-state index < -0.39 is 0 Å². The fourth-order valence-electron chi connectivity index (χ4n) is 3.12. The molecule has 0 amide bonds. The Balaban J connectivity index is 1.89. The highest BCUT2D eigenvalue weighted by atomic mass is 16.5. The van der Waals surface area contributed by atoms with E-state index in [1.165, 1.54) is 58.5 Å². The van der Waals surface area contributed by atoms with Gasteiger partial charge in [0.2, 0.25) is 0 Å². The summed E-state index contributed by atoms with van der Waals surface area (Å²) in [6.45, 7) is 3.15. The first-order chi connectivity index (χ1) is 10.3. The molecule has 0 radical (unpaired) electrons. The van der Waals surface area contributed by atoms with Crippen molar-refractivity contribution < 1.29 is 14.3 Å². The molecule has 0 bridgehead atoms. The van der Waals surface area contributed by atoms with Crippen LogP contribution < -0.4 is 0 Å². The van der Waals surface area contributed by atoms with Crippen LogP contribution in [0.1, 0.15) is 84.0 Å². The Bertz CT molecular complexity index is 257. The number of unbranched alkanes of at least 4 members (excludes halogenated alkanes) is 7. The number of carbonyl (C=O) groups excluding carboxylic acids is 1. The van der Waals surface area contributed by atoms with Gasteiger partial charge in [0.15, 0.2) is 0 Å². The Morgan fingerprint density at radius 3 is 2.05 bits per heavy atom. The summed E-state index contributed by atoms with van der Waals surface area (Å²) in [6.07, 6.45) is 15.0. The van der Waals surface area contributed by atoms with Crippen LogP contribution >= 0.6 is 0 Å². The van der Waals surface area contributed by atoms with Gasteiger partial charge < -0.3 is 9.47 Å². The third-order valence-corrected chi connectivity index (χ3v) is 4.56. The third-order valence-electron chi connectivity index (χ3n) is 4.56. The van der Waals surface area contributed by atoms with E-state index in [2.05, 4.69) is 6.92 Å². The zero-order valence-corrected chi connectivity index (χ0v) is 14.1. The number of methoxy groups -OCH3 is 1. The zero-order chi connectivity index (χ0) is 15.3. The lowest BCUT2D eigenvalue weighted by Crippen LogP contribution is -2.27. The van der Waals surface area contributed by atoms with Gasteiger partial charge in [-0.3, -0.25) is 4.79 Å². The van der Waals surface area contributed by atoms with Crippen LogP contribution in [-0.4, -0.2) is 25.8 Å². The molecule has 124 valence electrons. The molecule has 1 aliphatic carbocycles. The Kier molecular flexibility index (Phi) is 10.6. The molecule has 0 aromatic heterocycles. The van der Waals surface area contributed by atoms with Crippen LogP contribution in [0.15, 0.2) is 0 Å². The molecule has 21 heavy (non-hydrogen) atoms. The SMILES string of the molecule is CCCCCCCCCCOC1CCC(C(=O)OC)CC1. The Labute approximate surface area is 130 Å². The fraction of sp³-hybridized carbons (Fsp3) is 0.944. The second-order valence-electron chi connectivity index (χ2n) is 6.34. The Morgan fingerprint density at radius 1 is 0.905 bits per heavy atom. The molecule has 1 aliphatic rings. The van der Waals surface area contributed by atoms with Gasteiger partial charge in [-0.15, -0.1) is 0 Å². The summed E-state index contributed by atoms with van der Waals surface area (Å²) in [5.41, 5.74) is 0. The lowest BCUT2D eigenvalue weighted by molar-refractivity contribution is -0.147. The van der Waals surface area contributed by atoms with Gasteiger partial charge in [-0.1, -0.05) is 51.9 Å². The van der Waals surface area contributed by atoms with Crippen molar-refractivity contribution in [1.82, 2.24) is 0 Å². The molecule has 0 saturated heterocycles. The summed E-state index contributed by atoms with van der Waals surface area (Å²) in [6, 6.07) is 0. The lowest BCUT2D eigenvalue weighted by atomic mass is 9.87. The molecule has 1 saturated carbocycles. The van der Waals surface area contributed by atoms with Crippen molar-refractivity contribution in [2.24, 2.45) is 5.92 Å². The molecular formula is C18H34O3. The van der Waals surface area contributed by atoms with Crippen LogP contribution in [0.3, 0.4) is 0 Å². The number of hydrogen-bond acceptors (Lipinski definition) is 3. The average molecular weight is 298 g/mol. The topological polar surface area (TPSA) is 35.5 Å². The summed E-state index contributed by atoms with van der Waals surface area (Å²) in [4.78, 5) is 11.4. The number of rotatable bonds is 11. The van der Waals surface area contributed by atoms with Gasteiger partial charge in [-0.2, -0.15) is 0 Å². The van der Waals surface area contributed by atoms with Gasteiger partial charge in [0.1, 0.15) is 0 Å². The first kappa shape index (κ1) is 18.5. The number of hydrogen-bond donors (Lipinski definition) is 0. The minimum atomic E-state index is -0.0449. The van der Waals surface area contributed by atoms with Crippen LogP contribution in [0.2, 0.25) is 0 Å². The first-order valence-electron chi connectivity index (χ1n) is 8.97. The van der Waals surface area contributed by atoms with Gasteiger partial charge in [0.05, 0.1) is 19.1 Å². The van der Waals surface area contributed by atoms with Gasteiger partial charge in [0.25, 0.3) is 0 Å². The highest BCUT2D eigenvalue weighted by Crippen LogP contribution is 2.27. The molecule has 0 aromatic rings. The van der Waals surface area contributed by atoms with Crippen LogP contribution in [0.5, 0.6) is 0 Å². The first-order valence-corrected chi connectivity index (χ1v) is 8.97. The number of carbonyl (C=O) groups is 1. The standard InChI is InChI=1S/C18H34O3/c1-3-4-5-6-7-8-9-10-15-21-17-13-11-16(12-14-17)18(19)20-2/h16-17H,3-15H2,1-2H3. The number of ether oxygens (including phenoxy) is 2. The van der Waals surface area contributed by atoms with E-state index in [4.69, 9.17) is 9.47 Å². The summed E-state index contributed by atoms with van der Waals surface area (Å²) in [5.74, 6) is 0.0643. The summed E-state index contributed by atoms with van der Waals surface area (Å²) >= 11 is 0. The smallest absolute Gasteiger partial charge is 0.308 e. The maximum absolute atomic E-state index is 11.4. The average Bonchev–Trinajstić information content (AvgIpc) is 2.53. The Hall–Kier alpha value is -0.570. The van der Waals surface area contributed by atoms with Gasteiger partial charge in [0, 0.05) is 6.61 Å². The van der Waals surface area contributed by atoms with E-state index in [9.17, 15) is 4.79 Å². The predicted molar refractivity (Wildman–Crippen MR) is 86.3 cm³/mol. The quantitative estimate of drug-likeness (QED) is 0.403. The zero-order valence-electron chi connectivity index (χ0n) is 14.1. The molecule has 3 heteroatoms. The predicted octanol–water partition coefficient (Wildman–Crippen LogP) is 4.88. The summed E-state index contributed by atoms with van der Waals surface area (Å²) < 4.78 is 10.7. The van der Waals surface area contributed by atoms with Crippen molar-refractivity contribution in [1.29, 1.82) is 0 Å². The minimum Gasteiger partial charge on any atom is -0.469 e. The second-order valence-corrected chi connectivity index (χ2v) is 6.34. The minimum absolute atomic E-state index is 0.0449. The molecule has 1 fully saturated rings. The normalized spacial score (nSPS) is 22.2. The highest BCUT2D eigenvalue weighted by molar-refractivity contribution is 5.72. The molecule has 1 rings (SSSR count). The van der Waals surface area contributed by atoms with Crippen molar-refractivity contribution in [3.8, 4) is 0 Å². The van der Waals surface area contributed by atoms with Crippen molar-refractivity contribution in [2.45, 2.75) is 90.1 Å². The second kappa shape index (κ2) is 12.0. The van der Waals surface area contributed by atoms with Crippen LogP contribution in [0.4, 0.5) is 0 Å². The van der Waals surface area contributed by atoms with Crippen molar-refractivity contribution in [2.75, 3.05) is 13.7 Å². The van der Waals surface area contributed by atoms with E-state index in [0.717, 1.165) is 32.3 Å². The van der Waals surface area contributed by atoms with E-state index in [1.807, 2.05) is 0 Å². The van der Waals surface area contributed by atoms with Gasteiger partial charge in [-0.05, 0) is 32.1 Å². The molecule has 0 aliphatic heterocycles. The van der Waals surface area contributed by atoms with Crippen molar-refractivity contribution in [3.63, 3.8) is 0 Å². The van der Waals surface area contributed by atoms with Crippen molar-refractivity contribution in [3.05, 3.63) is 0 Å². The van der Waals surface area contributed by atoms with E-state index in [1.54, 1.807) is 0 Å².